The van der Waals surface area contributed by atoms with Gasteiger partial charge in [0, 0.05) is 30.3 Å². The van der Waals surface area contributed by atoms with Gasteiger partial charge in [0.15, 0.2) is 10.7 Å². The number of hydrogen-bond acceptors (Lipinski definition) is 6. The molecule has 3 aromatic rings. The molecule has 0 unspecified atom stereocenters. The van der Waals surface area contributed by atoms with E-state index >= 15 is 0 Å². The van der Waals surface area contributed by atoms with E-state index in [9.17, 15) is 17.6 Å². The minimum atomic E-state index is -3.93. The fraction of sp³-hybridized carbons (Fsp3) is 0.308. The number of nitrogens with zero attached hydrogens (tertiary/aromatic N) is 2. The monoisotopic (exact) mass is 513 g/mol. The van der Waals surface area contributed by atoms with Gasteiger partial charge in [-0.1, -0.05) is 23.4 Å². The average molecular weight is 514 g/mol. The molecule has 0 aliphatic carbocycles. The molecule has 10 heteroatoms. The maximum Gasteiger partial charge on any atom is 0.248 e. The number of piperidine rings is 1. The van der Waals surface area contributed by atoms with Gasteiger partial charge in [0.25, 0.3) is 0 Å². The molecule has 1 fully saturated rings. The Hall–Kier alpha value is -3.50. The topological polar surface area (TPSA) is 102 Å². The van der Waals surface area contributed by atoms with Crippen LogP contribution >= 0.6 is 0 Å². The third-order valence-electron chi connectivity index (χ3n) is 6.01. The summed E-state index contributed by atoms with van der Waals surface area (Å²) in [4.78, 5) is 12.7. The van der Waals surface area contributed by atoms with Gasteiger partial charge >= 0.3 is 0 Å². The lowest BCUT2D eigenvalue weighted by molar-refractivity contribution is -0.120. The zero-order valence-electron chi connectivity index (χ0n) is 20.1. The minimum Gasteiger partial charge on any atom is -0.494 e. The fourth-order valence-electron chi connectivity index (χ4n) is 4.11. The lowest BCUT2D eigenvalue weighted by Gasteiger charge is -2.30. The molecule has 0 saturated carbocycles. The summed E-state index contributed by atoms with van der Waals surface area (Å²) < 4.78 is 52.8. The molecular weight excluding hydrogens is 485 g/mol. The number of nitrogens with one attached hydrogen (secondary N) is 1. The molecule has 0 atom stereocenters. The predicted molar refractivity (Wildman–Crippen MR) is 134 cm³/mol. The third kappa shape index (κ3) is 5.66. The van der Waals surface area contributed by atoms with E-state index in [1.54, 1.807) is 49.4 Å². The summed E-state index contributed by atoms with van der Waals surface area (Å²) in [5, 5.41) is 6.71. The van der Waals surface area contributed by atoms with Crippen LogP contribution in [0.15, 0.2) is 57.9 Å². The van der Waals surface area contributed by atoms with Crippen molar-refractivity contribution in [3.05, 3.63) is 71.4 Å². The molecule has 36 heavy (non-hydrogen) atoms. The lowest BCUT2D eigenvalue weighted by atomic mass is 9.97. The van der Waals surface area contributed by atoms with Crippen LogP contribution in [0, 0.1) is 18.7 Å². The van der Waals surface area contributed by atoms with E-state index in [-0.39, 0.29) is 41.3 Å². The van der Waals surface area contributed by atoms with Crippen LogP contribution in [-0.2, 0) is 14.8 Å². The second kappa shape index (κ2) is 11.0. The first-order valence-electron chi connectivity index (χ1n) is 11.7. The van der Waals surface area contributed by atoms with Crippen molar-refractivity contribution >= 4 is 33.8 Å². The van der Waals surface area contributed by atoms with Crippen LogP contribution in [0.1, 0.15) is 36.8 Å². The number of sulfonamides is 1. The first kappa shape index (κ1) is 25.6. The Morgan fingerprint density at radius 2 is 1.86 bits per heavy atom. The normalized spacial score (nSPS) is 15.3. The Balaban J connectivity index is 1.42. The van der Waals surface area contributed by atoms with Gasteiger partial charge in [0.05, 0.1) is 6.61 Å². The molecule has 1 N–H and O–H groups in total. The van der Waals surface area contributed by atoms with Crippen molar-refractivity contribution in [1.82, 2.24) is 9.46 Å². The first-order chi connectivity index (χ1) is 17.3. The zero-order valence-corrected chi connectivity index (χ0v) is 20.9. The number of aryl methyl sites for hydroxylation is 1. The number of carbonyl (C=O) groups excluding carboxylic acids is 1. The van der Waals surface area contributed by atoms with Crippen LogP contribution in [-0.4, -0.2) is 43.5 Å². The molecule has 0 spiro atoms. The molecule has 1 aliphatic rings. The largest absolute Gasteiger partial charge is 0.494 e. The molecule has 1 saturated heterocycles. The highest BCUT2D eigenvalue weighted by Gasteiger charge is 2.36. The van der Waals surface area contributed by atoms with E-state index in [4.69, 9.17) is 9.26 Å². The molecule has 0 radical (unpaired) electrons. The molecule has 190 valence electrons. The van der Waals surface area contributed by atoms with Crippen molar-refractivity contribution in [1.29, 1.82) is 0 Å². The second-order valence-electron chi connectivity index (χ2n) is 8.44. The highest BCUT2D eigenvalue weighted by Crippen LogP contribution is 2.30. The van der Waals surface area contributed by atoms with Crippen LogP contribution in [0.5, 0.6) is 5.75 Å². The van der Waals surface area contributed by atoms with Crippen molar-refractivity contribution in [3.8, 4) is 5.75 Å². The number of benzene rings is 2. The maximum absolute atomic E-state index is 13.9. The predicted octanol–water partition coefficient (Wildman–Crippen LogP) is 4.73. The van der Waals surface area contributed by atoms with E-state index in [1.807, 2.05) is 6.92 Å². The molecule has 0 bridgehead atoms. The van der Waals surface area contributed by atoms with E-state index in [2.05, 4.69) is 10.5 Å². The van der Waals surface area contributed by atoms with Crippen molar-refractivity contribution in [2.24, 2.45) is 5.92 Å². The summed E-state index contributed by atoms with van der Waals surface area (Å²) in [6, 6.07) is 13.3. The summed E-state index contributed by atoms with van der Waals surface area (Å²) in [6.45, 7) is 4.38. The Morgan fingerprint density at radius 3 is 2.53 bits per heavy atom. The second-order valence-corrected chi connectivity index (χ2v) is 10.3. The van der Waals surface area contributed by atoms with Gasteiger partial charge in [-0.15, -0.1) is 0 Å². The molecule has 8 nitrogen and oxygen atoms in total. The van der Waals surface area contributed by atoms with E-state index in [0.29, 0.717) is 30.7 Å². The van der Waals surface area contributed by atoms with Gasteiger partial charge in [-0.2, -0.15) is 4.31 Å². The summed E-state index contributed by atoms with van der Waals surface area (Å²) in [6.07, 6.45) is 3.62. The fourth-order valence-corrected chi connectivity index (χ4v) is 5.83. The molecule has 1 aliphatic heterocycles. The van der Waals surface area contributed by atoms with Crippen molar-refractivity contribution < 1.29 is 26.9 Å². The van der Waals surface area contributed by atoms with Crippen LogP contribution in [0.2, 0.25) is 0 Å². The Labute approximate surface area is 209 Å². The molecule has 2 heterocycles. The average Bonchev–Trinajstić information content (AvgIpc) is 3.26. The summed E-state index contributed by atoms with van der Waals surface area (Å²) in [5.74, 6) is -0.134. The van der Waals surface area contributed by atoms with Crippen LogP contribution in [0.3, 0.4) is 0 Å². The van der Waals surface area contributed by atoms with Gasteiger partial charge in [-0.25, -0.2) is 12.8 Å². The summed E-state index contributed by atoms with van der Waals surface area (Å²) in [5.41, 5.74) is 1.18. The summed E-state index contributed by atoms with van der Waals surface area (Å²) >= 11 is 0. The van der Waals surface area contributed by atoms with Gasteiger partial charge in [-0.3, -0.25) is 4.79 Å². The van der Waals surface area contributed by atoms with Crippen LogP contribution < -0.4 is 10.1 Å². The number of halogens is 1. The van der Waals surface area contributed by atoms with Gasteiger partial charge in [-0.05, 0) is 69.2 Å². The maximum atomic E-state index is 13.9. The van der Waals surface area contributed by atoms with Gasteiger partial charge in [0.1, 0.15) is 17.3 Å². The molecular formula is C26H28FN3O5S. The Kier molecular flexibility index (Phi) is 7.85. The standard InChI is InChI=1S/C26H28FN3O5S/c1-3-34-22-11-9-21(10-12-22)28-26(31)20-14-16-30(17-15-20)36(32,33)25-18(2)29-35-24(25)13-8-19-6-4-5-7-23(19)27/h4-13,20H,3,14-17H2,1-2H3,(H,28,31)/b13-8+. The zero-order chi connectivity index (χ0) is 25.7. The Bertz CT molecular complexity index is 1340. The van der Waals surface area contributed by atoms with Crippen molar-refractivity contribution in [2.45, 2.75) is 31.6 Å². The number of ether oxygens (including phenoxy) is 1. The number of amides is 1. The van der Waals surface area contributed by atoms with Crippen LogP contribution in [0.4, 0.5) is 10.1 Å². The number of anilines is 1. The number of rotatable bonds is 8. The van der Waals surface area contributed by atoms with E-state index in [0.717, 1.165) is 5.75 Å². The number of aromatic nitrogens is 1. The lowest BCUT2D eigenvalue weighted by Crippen LogP contribution is -2.41. The summed E-state index contributed by atoms with van der Waals surface area (Å²) in [7, 11) is -3.93. The SMILES string of the molecule is CCOc1ccc(NC(=O)C2CCN(S(=O)(=O)c3c(C)noc3/C=C/c3ccccc3F)CC2)cc1. The number of hydrogen-bond donors (Lipinski definition) is 1. The smallest absolute Gasteiger partial charge is 0.248 e. The number of carbonyl (C=O) groups is 1. The van der Waals surface area contributed by atoms with Crippen LogP contribution in [0.25, 0.3) is 12.2 Å². The van der Waals surface area contributed by atoms with Crippen molar-refractivity contribution in [3.63, 3.8) is 0 Å². The Morgan fingerprint density at radius 1 is 1.17 bits per heavy atom. The molecule has 2 aromatic carbocycles. The molecule has 4 rings (SSSR count). The highest BCUT2D eigenvalue weighted by atomic mass is 32.2. The quantitative estimate of drug-likeness (QED) is 0.467. The third-order valence-corrected chi connectivity index (χ3v) is 8.07. The van der Waals surface area contributed by atoms with Crippen molar-refractivity contribution in [2.75, 3.05) is 25.0 Å². The molecule has 1 amide bonds. The van der Waals surface area contributed by atoms with E-state index < -0.39 is 15.8 Å². The van der Waals surface area contributed by atoms with E-state index in [1.165, 1.54) is 22.5 Å². The molecule has 1 aromatic heterocycles. The van der Waals surface area contributed by atoms with Gasteiger partial charge in [0.2, 0.25) is 15.9 Å². The first-order valence-corrected chi connectivity index (χ1v) is 13.2. The highest BCUT2D eigenvalue weighted by molar-refractivity contribution is 7.89. The van der Waals surface area contributed by atoms with Gasteiger partial charge < -0.3 is 14.6 Å². The minimum absolute atomic E-state index is 0.0334.